The van der Waals surface area contributed by atoms with Crippen molar-refractivity contribution in [2.75, 3.05) is 5.32 Å². The largest absolute Gasteiger partial charge is 0.366 e. The van der Waals surface area contributed by atoms with Crippen LogP contribution in [0.1, 0.15) is 11.6 Å². The lowest BCUT2D eigenvalue weighted by Crippen LogP contribution is -2.12. The van der Waals surface area contributed by atoms with Gasteiger partial charge in [0.1, 0.15) is 17.7 Å². The third kappa shape index (κ3) is 3.09. The van der Waals surface area contributed by atoms with Gasteiger partial charge in [0.15, 0.2) is 0 Å². The van der Waals surface area contributed by atoms with Gasteiger partial charge in [0, 0.05) is 10.2 Å². The van der Waals surface area contributed by atoms with Gasteiger partial charge in [0.05, 0.1) is 11.6 Å². The van der Waals surface area contributed by atoms with E-state index in [1.165, 1.54) is 6.07 Å². The van der Waals surface area contributed by atoms with E-state index in [4.69, 9.17) is 5.26 Å². The molecule has 1 atom stereocenters. The van der Waals surface area contributed by atoms with E-state index >= 15 is 0 Å². The molecule has 0 aromatic heterocycles. The number of nitrogens with zero attached hydrogens (tertiary/aromatic N) is 1. The van der Waals surface area contributed by atoms with Crippen LogP contribution >= 0.6 is 15.9 Å². The molecule has 0 aliphatic heterocycles. The number of halogens is 3. The first-order valence-corrected chi connectivity index (χ1v) is 6.26. The zero-order valence-corrected chi connectivity index (χ0v) is 11.3. The second-order valence-electron chi connectivity index (χ2n) is 3.85. The maximum absolute atomic E-state index is 13.6. The van der Waals surface area contributed by atoms with Crippen LogP contribution in [0.25, 0.3) is 0 Å². The fourth-order valence-corrected chi connectivity index (χ4v) is 2.10. The zero-order valence-electron chi connectivity index (χ0n) is 9.70. The lowest BCUT2D eigenvalue weighted by Gasteiger charge is -2.15. The Kier molecular flexibility index (Phi) is 4.13. The van der Waals surface area contributed by atoms with Crippen LogP contribution in [-0.2, 0) is 0 Å². The Labute approximate surface area is 117 Å². The summed E-state index contributed by atoms with van der Waals surface area (Å²) in [7, 11) is 0. The SMILES string of the molecule is N#CC(Nc1cccc(Br)c1)c1c(F)cccc1F. The summed E-state index contributed by atoms with van der Waals surface area (Å²) >= 11 is 3.29. The number of benzene rings is 2. The van der Waals surface area contributed by atoms with Crippen molar-refractivity contribution in [1.29, 1.82) is 5.26 Å². The fraction of sp³-hybridized carbons (Fsp3) is 0.0714. The van der Waals surface area contributed by atoms with E-state index in [0.29, 0.717) is 5.69 Å². The van der Waals surface area contributed by atoms with E-state index in [2.05, 4.69) is 21.2 Å². The van der Waals surface area contributed by atoms with Gasteiger partial charge >= 0.3 is 0 Å². The predicted octanol–water partition coefficient (Wildman–Crippen LogP) is 4.40. The first-order valence-electron chi connectivity index (χ1n) is 5.47. The Balaban J connectivity index is 2.34. The maximum Gasteiger partial charge on any atom is 0.145 e. The predicted molar refractivity (Wildman–Crippen MR) is 72.5 cm³/mol. The number of anilines is 1. The van der Waals surface area contributed by atoms with Gasteiger partial charge in [-0.3, -0.25) is 0 Å². The van der Waals surface area contributed by atoms with E-state index in [0.717, 1.165) is 16.6 Å². The summed E-state index contributed by atoms with van der Waals surface area (Å²) < 4.78 is 28.1. The van der Waals surface area contributed by atoms with Crippen molar-refractivity contribution in [3.8, 4) is 6.07 Å². The smallest absolute Gasteiger partial charge is 0.145 e. The summed E-state index contributed by atoms with van der Waals surface area (Å²) in [6.07, 6.45) is 0. The molecule has 0 saturated carbocycles. The molecule has 0 aliphatic rings. The van der Waals surface area contributed by atoms with Gasteiger partial charge < -0.3 is 5.32 Å². The van der Waals surface area contributed by atoms with Crippen LogP contribution < -0.4 is 5.32 Å². The molecule has 0 saturated heterocycles. The van der Waals surface area contributed by atoms with E-state index in [1.54, 1.807) is 18.2 Å². The minimum atomic E-state index is -1.09. The van der Waals surface area contributed by atoms with Gasteiger partial charge in [0.25, 0.3) is 0 Å². The quantitative estimate of drug-likeness (QED) is 0.908. The minimum Gasteiger partial charge on any atom is -0.366 e. The molecule has 0 fully saturated rings. The highest BCUT2D eigenvalue weighted by Crippen LogP contribution is 2.25. The van der Waals surface area contributed by atoms with Crippen LogP contribution in [0.2, 0.25) is 0 Å². The number of nitriles is 1. The van der Waals surface area contributed by atoms with Crippen LogP contribution in [0.5, 0.6) is 0 Å². The van der Waals surface area contributed by atoms with Crippen molar-refractivity contribution in [3.63, 3.8) is 0 Å². The topological polar surface area (TPSA) is 35.8 Å². The molecule has 2 aromatic rings. The molecular formula is C14H9BrF2N2. The molecule has 96 valence electrons. The molecule has 0 heterocycles. The first kappa shape index (κ1) is 13.5. The molecule has 0 aliphatic carbocycles. The minimum absolute atomic E-state index is 0.273. The second kappa shape index (κ2) is 5.81. The molecule has 2 nitrogen and oxygen atoms in total. The van der Waals surface area contributed by atoms with Crippen LogP contribution in [0.3, 0.4) is 0 Å². The van der Waals surface area contributed by atoms with Crippen molar-refractivity contribution in [2.24, 2.45) is 0 Å². The third-order valence-corrected chi connectivity index (χ3v) is 3.05. The Bertz CT molecular complexity index is 617. The molecule has 19 heavy (non-hydrogen) atoms. The molecule has 0 radical (unpaired) electrons. The van der Waals surface area contributed by atoms with E-state index < -0.39 is 17.7 Å². The summed E-state index contributed by atoms with van der Waals surface area (Å²) in [5.41, 5.74) is 0.327. The van der Waals surface area contributed by atoms with E-state index in [-0.39, 0.29) is 5.56 Å². The van der Waals surface area contributed by atoms with Crippen molar-refractivity contribution < 1.29 is 8.78 Å². The van der Waals surface area contributed by atoms with Crippen LogP contribution in [0, 0.1) is 23.0 Å². The average molecular weight is 323 g/mol. The van der Waals surface area contributed by atoms with Crippen LogP contribution in [0.4, 0.5) is 14.5 Å². The summed E-state index contributed by atoms with van der Waals surface area (Å²) in [5.74, 6) is -1.48. The molecular weight excluding hydrogens is 314 g/mol. The number of rotatable bonds is 3. The molecule has 0 bridgehead atoms. The van der Waals surface area contributed by atoms with Gasteiger partial charge in [-0.15, -0.1) is 0 Å². The van der Waals surface area contributed by atoms with Crippen molar-refractivity contribution >= 4 is 21.6 Å². The first-order chi connectivity index (χ1) is 9.11. The molecule has 2 aromatic carbocycles. The zero-order chi connectivity index (χ0) is 13.8. The molecule has 5 heteroatoms. The number of nitrogens with one attached hydrogen (secondary N) is 1. The van der Waals surface area contributed by atoms with Crippen molar-refractivity contribution in [1.82, 2.24) is 0 Å². The van der Waals surface area contributed by atoms with Gasteiger partial charge in [-0.1, -0.05) is 28.1 Å². The molecule has 2 rings (SSSR count). The number of hydrogen-bond donors (Lipinski definition) is 1. The van der Waals surface area contributed by atoms with Gasteiger partial charge in [0.2, 0.25) is 0 Å². The van der Waals surface area contributed by atoms with Crippen molar-refractivity contribution in [2.45, 2.75) is 6.04 Å². The lowest BCUT2D eigenvalue weighted by molar-refractivity contribution is 0.552. The summed E-state index contributed by atoms with van der Waals surface area (Å²) in [5, 5.41) is 11.9. The number of hydrogen-bond acceptors (Lipinski definition) is 2. The van der Waals surface area contributed by atoms with Crippen LogP contribution in [-0.4, -0.2) is 0 Å². The summed E-state index contributed by atoms with van der Waals surface area (Å²) in [6, 6.07) is 11.3. The van der Waals surface area contributed by atoms with E-state index in [1.807, 2.05) is 12.1 Å². The molecule has 1 unspecified atom stereocenters. The van der Waals surface area contributed by atoms with E-state index in [9.17, 15) is 8.78 Å². The Morgan fingerprint density at radius 2 is 1.74 bits per heavy atom. The highest BCUT2D eigenvalue weighted by molar-refractivity contribution is 9.10. The molecule has 0 amide bonds. The average Bonchev–Trinajstić information content (AvgIpc) is 2.37. The summed E-state index contributed by atoms with van der Waals surface area (Å²) in [4.78, 5) is 0. The maximum atomic E-state index is 13.6. The monoisotopic (exact) mass is 322 g/mol. The Morgan fingerprint density at radius 1 is 1.11 bits per heavy atom. The highest BCUT2D eigenvalue weighted by atomic mass is 79.9. The second-order valence-corrected chi connectivity index (χ2v) is 4.77. The molecule has 0 spiro atoms. The van der Waals surface area contributed by atoms with Crippen LogP contribution in [0.15, 0.2) is 46.9 Å². The normalized spacial score (nSPS) is 11.7. The van der Waals surface area contributed by atoms with Gasteiger partial charge in [-0.05, 0) is 30.3 Å². The third-order valence-electron chi connectivity index (χ3n) is 2.55. The summed E-state index contributed by atoms with van der Waals surface area (Å²) in [6.45, 7) is 0. The highest BCUT2D eigenvalue weighted by Gasteiger charge is 2.19. The Morgan fingerprint density at radius 3 is 2.32 bits per heavy atom. The van der Waals surface area contributed by atoms with Crippen molar-refractivity contribution in [3.05, 3.63) is 64.1 Å². The fourth-order valence-electron chi connectivity index (χ4n) is 1.70. The lowest BCUT2D eigenvalue weighted by atomic mass is 10.1. The van der Waals surface area contributed by atoms with Gasteiger partial charge in [-0.2, -0.15) is 5.26 Å². The standard InChI is InChI=1S/C14H9BrF2N2/c15-9-3-1-4-10(7-9)19-13(8-18)14-11(16)5-2-6-12(14)17/h1-7,13,19H. The molecule has 1 N–H and O–H groups in total. The Hall–Kier alpha value is -1.93. The van der Waals surface area contributed by atoms with Gasteiger partial charge in [-0.25, -0.2) is 8.78 Å².